The minimum atomic E-state index is 0.233. The summed E-state index contributed by atoms with van der Waals surface area (Å²) in [6.45, 7) is 7.83. The zero-order valence-corrected chi connectivity index (χ0v) is 19.3. The molecule has 0 spiro atoms. The molecule has 4 saturated heterocycles. The smallest absolute Gasteiger partial charge is 0.0795 e. The fraction of sp³-hybridized carbons (Fsp3) is 0.760. The van der Waals surface area contributed by atoms with Gasteiger partial charge in [0, 0.05) is 37.6 Å². The molecule has 4 heterocycles. The van der Waals surface area contributed by atoms with Gasteiger partial charge in [-0.2, -0.15) is 0 Å². The van der Waals surface area contributed by atoms with Crippen molar-refractivity contribution >= 4 is 23.2 Å². The zero-order valence-electron chi connectivity index (χ0n) is 17.8. The van der Waals surface area contributed by atoms with Crippen LogP contribution in [0.5, 0.6) is 0 Å². The minimum absolute atomic E-state index is 0.233. The molecule has 1 atom stereocenters. The van der Waals surface area contributed by atoms with Crippen molar-refractivity contribution in [3.63, 3.8) is 0 Å². The summed E-state index contributed by atoms with van der Waals surface area (Å²) in [6.07, 6.45) is 14.5. The summed E-state index contributed by atoms with van der Waals surface area (Å²) < 4.78 is 1.39. The molecule has 6 rings (SSSR count). The molecule has 0 radical (unpaired) electrons. The van der Waals surface area contributed by atoms with Crippen molar-refractivity contribution in [2.24, 2.45) is 11.3 Å². The van der Waals surface area contributed by atoms with Gasteiger partial charge >= 0.3 is 0 Å². The standard InChI is InChI=1S/C25H37Cl2N2/c26-22-7-6-21(18-23(22)27)25(8-13-28-19-25)12-17-29-14-9-24(10-15-29,11-16-29)20-4-2-1-3-5-20/h6-7,18,20,28H,1-5,8-17,19H2/q+1. The molecule has 1 saturated carbocycles. The number of fused-ring (bicyclic) bond motifs is 3. The van der Waals surface area contributed by atoms with Gasteiger partial charge in [0.2, 0.25) is 0 Å². The first kappa shape index (κ1) is 20.6. The van der Waals surface area contributed by atoms with Gasteiger partial charge in [-0.05, 0) is 54.8 Å². The molecule has 2 bridgehead atoms. The van der Waals surface area contributed by atoms with Crippen molar-refractivity contribution in [2.75, 3.05) is 39.3 Å². The third kappa shape index (κ3) is 3.77. The molecule has 4 aliphatic heterocycles. The second kappa shape index (κ2) is 8.01. The quantitative estimate of drug-likeness (QED) is 0.543. The van der Waals surface area contributed by atoms with E-state index in [1.807, 2.05) is 6.07 Å². The molecule has 4 heteroatoms. The molecule has 5 aliphatic rings. The Bertz CT molecular complexity index is 710. The van der Waals surface area contributed by atoms with Crippen molar-refractivity contribution < 1.29 is 4.48 Å². The lowest BCUT2D eigenvalue weighted by Crippen LogP contribution is -2.64. The number of halogens is 2. The fourth-order valence-corrected chi connectivity index (χ4v) is 7.68. The molecule has 1 aromatic carbocycles. The number of quaternary nitrogens is 1. The van der Waals surface area contributed by atoms with Gasteiger partial charge < -0.3 is 9.80 Å². The lowest BCUT2D eigenvalue weighted by Gasteiger charge is -2.58. The van der Waals surface area contributed by atoms with Crippen LogP contribution in [0.3, 0.4) is 0 Å². The van der Waals surface area contributed by atoms with Gasteiger partial charge in [0.15, 0.2) is 0 Å². The molecule has 1 aliphatic carbocycles. The Labute approximate surface area is 186 Å². The van der Waals surface area contributed by atoms with E-state index in [0.29, 0.717) is 10.0 Å². The van der Waals surface area contributed by atoms with E-state index in [2.05, 4.69) is 17.4 Å². The predicted octanol–water partition coefficient (Wildman–Crippen LogP) is 6.20. The lowest BCUT2D eigenvalue weighted by molar-refractivity contribution is -0.946. The number of nitrogens with one attached hydrogen (secondary N) is 1. The van der Waals surface area contributed by atoms with E-state index in [1.54, 1.807) is 0 Å². The van der Waals surface area contributed by atoms with Crippen LogP contribution in [0.25, 0.3) is 0 Å². The number of hydrogen-bond donors (Lipinski definition) is 1. The van der Waals surface area contributed by atoms with Gasteiger partial charge in [-0.15, -0.1) is 0 Å². The van der Waals surface area contributed by atoms with Crippen LogP contribution in [-0.2, 0) is 5.41 Å². The van der Waals surface area contributed by atoms with Crippen LogP contribution < -0.4 is 5.32 Å². The van der Waals surface area contributed by atoms with Crippen LogP contribution >= 0.6 is 23.2 Å². The van der Waals surface area contributed by atoms with E-state index >= 15 is 0 Å². The topological polar surface area (TPSA) is 12.0 Å². The summed E-state index contributed by atoms with van der Waals surface area (Å²) in [4.78, 5) is 0. The van der Waals surface area contributed by atoms with E-state index in [1.165, 1.54) is 100 Å². The molecular weight excluding hydrogens is 399 g/mol. The molecule has 1 aromatic rings. The summed E-state index contributed by atoms with van der Waals surface area (Å²) in [7, 11) is 0. The van der Waals surface area contributed by atoms with Gasteiger partial charge in [-0.25, -0.2) is 0 Å². The summed E-state index contributed by atoms with van der Waals surface area (Å²) >= 11 is 12.6. The first-order valence-electron chi connectivity index (χ1n) is 12.1. The molecule has 160 valence electrons. The summed E-state index contributed by atoms with van der Waals surface area (Å²) in [5.41, 5.74) is 2.34. The molecule has 0 aromatic heterocycles. The highest BCUT2D eigenvalue weighted by molar-refractivity contribution is 6.42. The maximum absolute atomic E-state index is 6.40. The third-order valence-electron chi connectivity index (χ3n) is 9.56. The first-order chi connectivity index (χ1) is 14.1. The number of nitrogens with zero attached hydrogens (tertiary/aromatic N) is 1. The highest BCUT2D eigenvalue weighted by Crippen LogP contribution is 2.53. The van der Waals surface area contributed by atoms with Crippen LogP contribution in [0.15, 0.2) is 18.2 Å². The Morgan fingerprint density at radius 2 is 1.66 bits per heavy atom. The summed E-state index contributed by atoms with van der Waals surface area (Å²) in [5.74, 6) is 1.04. The monoisotopic (exact) mass is 435 g/mol. The van der Waals surface area contributed by atoms with Crippen molar-refractivity contribution in [3.8, 4) is 0 Å². The van der Waals surface area contributed by atoms with Crippen molar-refractivity contribution in [2.45, 2.75) is 69.6 Å². The van der Waals surface area contributed by atoms with Gasteiger partial charge in [-0.1, -0.05) is 48.5 Å². The Balaban J connectivity index is 1.28. The number of benzene rings is 1. The lowest BCUT2D eigenvalue weighted by atomic mass is 9.59. The van der Waals surface area contributed by atoms with Crippen LogP contribution in [-0.4, -0.2) is 43.8 Å². The molecule has 0 amide bonds. The van der Waals surface area contributed by atoms with Crippen LogP contribution in [0, 0.1) is 11.3 Å². The fourth-order valence-electron chi connectivity index (χ4n) is 7.38. The SMILES string of the molecule is Clc1ccc(C2(CC[N+]34CCC(C5CCCCC5)(CC3)CC4)CCNC2)cc1Cl. The van der Waals surface area contributed by atoms with Gasteiger partial charge in [-0.3, -0.25) is 0 Å². The van der Waals surface area contributed by atoms with Gasteiger partial charge in [0.05, 0.1) is 36.2 Å². The van der Waals surface area contributed by atoms with Crippen molar-refractivity contribution in [3.05, 3.63) is 33.8 Å². The Morgan fingerprint density at radius 1 is 0.931 bits per heavy atom. The van der Waals surface area contributed by atoms with Gasteiger partial charge in [0.1, 0.15) is 0 Å². The van der Waals surface area contributed by atoms with E-state index in [0.717, 1.165) is 24.4 Å². The van der Waals surface area contributed by atoms with E-state index < -0.39 is 0 Å². The maximum atomic E-state index is 6.40. The normalized spacial score (nSPS) is 37.9. The van der Waals surface area contributed by atoms with E-state index in [9.17, 15) is 0 Å². The third-order valence-corrected chi connectivity index (χ3v) is 10.3. The molecular formula is C25H37Cl2N2+. The number of hydrogen-bond acceptors (Lipinski definition) is 1. The highest BCUT2D eigenvalue weighted by atomic mass is 35.5. The second-order valence-corrected chi connectivity index (χ2v) is 11.6. The largest absolute Gasteiger partial charge is 0.324 e. The Hall–Kier alpha value is -0.280. The highest BCUT2D eigenvalue weighted by Gasteiger charge is 2.52. The maximum Gasteiger partial charge on any atom is 0.0795 e. The second-order valence-electron chi connectivity index (χ2n) is 10.8. The number of rotatable bonds is 5. The van der Waals surface area contributed by atoms with Crippen LogP contribution in [0.1, 0.15) is 69.8 Å². The first-order valence-corrected chi connectivity index (χ1v) is 12.8. The summed E-state index contributed by atoms with van der Waals surface area (Å²) in [6, 6.07) is 6.35. The van der Waals surface area contributed by atoms with E-state index in [4.69, 9.17) is 23.2 Å². The predicted molar refractivity (Wildman–Crippen MR) is 123 cm³/mol. The van der Waals surface area contributed by atoms with Crippen LogP contribution in [0.2, 0.25) is 10.0 Å². The average molecular weight is 436 g/mol. The average Bonchev–Trinajstić information content (AvgIpc) is 3.27. The van der Waals surface area contributed by atoms with Crippen LogP contribution in [0.4, 0.5) is 0 Å². The van der Waals surface area contributed by atoms with E-state index in [-0.39, 0.29) is 5.41 Å². The van der Waals surface area contributed by atoms with Crippen molar-refractivity contribution in [1.82, 2.24) is 5.32 Å². The summed E-state index contributed by atoms with van der Waals surface area (Å²) in [5, 5.41) is 5.02. The molecule has 5 fully saturated rings. The molecule has 1 N–H and O–H groups in total. The molecule has 29 heavy (non-hydrogen) atoms. The number of piperidine rings is 3. The minimum Gasteiger partial charge on any atom is -0.324 e. The van der Waals surface area contributed by atoms with Crippen molar-refractivity contribution in [1.29, 1.82) is 0 Å². The van der Waals surface area contributed by atoms with Gasteiger partial charge in [0.25, 0.3) is 0 Å². The zero-order chi connectivity index (χ0) is 20.0. The molecule has 1 unspecified atom stereocenters. The molecule has 2 nitrogen and oxygen atoms in total. The Morgan fingerprint density at radius 3 is 2.28 bits per heavy atom. The Kier molecular flexibility index (Phi) is 5.69.